The van der Waals surface area contributed by atoms with Crippen molar-refractivity contribution in [2.24, 2.45) is 4.99 Å². The Morgan fingerprint density at radius 1 is 1.08 bits per heavy atom. The van der Waals surface area contributed by atoms with E-state index >= 15 is 0 Å². The maximum Gasteiger partial charge on any atom is 0.126 e. The van der Waals surface area contributed by atoms with Crippen molar-refractivity contribution in [3.63, 3.8) is 0 Å². The topological polar surface area (TPSA) is 38.1 Å². The molecule has 0 amide bonds. The molecule has 0 aliphatic carbocycles. The van der Waals surface area contributed by atoms with Gasteiger partial charge in [0.25, 0.3) is 0 Å². The number of aryl methyl sites for hydroxylation is 2. The molecule has 2 heterocycles. The molecule has 0 aliphatic heterocycles. The summed E-state index contributed by atoms with van der Waals surface area (Å²) in [6.07, 6.45) is 5.17. The lowest BCUT2D eigenvalue weighted by atomic mass is 10.0. The Bertz CT molecular complexity index is 961. The van der Waals surface area contributed by atoms with Crippen LogP contribution in [0.1, 0.15) is 16.8 Å². The number of aromatic nitrogens is 2. The summed E-state index contributed by atoms with van der Waals surface area (Å²) < 4.78 is 13.6. The van der Waals surface area contributed by atoms with E-state index in [-0.39, 0.29) is 5.82 Å². The summed E-state index contributed by atoms with van der Waals surface area (Å²) >= 11 is 0. The molecule has 3 aromatic rings. The predicted octanol–water partition coefficient (Wildman–Crippen LogP) is 5.24. The van der Waals surface area contributed by atoms with E-state index in [9.17, 15) is 4.39 Å². The van der Waals surface area contributed by atoms with Gasteiger partial charge in [0.05, 0.1) is 17.1 Å². The van der Waals surface area contributed by atoms with Crippen LogP contribution in [0.3, 0.4) is 0 Å². The lowest BCUT2D eigenvalue weighted by Crippen LogP contribution is -1.95. The summed E-state index contributed by atoms with van der Waals surface area (Å²) in [5, 5.41) is 0. The molecule has 0 saturated heterocycles. The minimum absolute atomic E-state index is 0.223. The van der Waals surface area contributed by atoms with E-state index in [0.717, 1.165) is 33.8 Å². The second-order valence-corrected chi connectivity index (χ2v) is 5.76. The molecular formula is C21H18FN3. The number of hydrogen-bond donors (Lipinski definition) is 0. The third-order valence-corrected chi connectivity index (χ3v) is 3.99. The average Bonchev–Trinajstić information content (AvgIpc) is 2.63. The Morgan fingerprint density at radius 3 is 2.68 bits per heavy atom. The van der Waals surface area contributed by atoms with Gasteiger partial charge in [-0.15, -0.1) is 0 Å². The van der Waals surface area contributed by atoms with E-state index in [4.69, 9.17) is 4.98 Å². The van der Waals surface area contributed by atoms with Crippen LogP contribution in [0.5, 0.6) is 0 Å². The summed E-state index contributed by atoms with van der Waals surface area (Å²) in [7, 11) is 0. The van der Waals surface area contributed by atoms with E-state index in [2.05, 4.69) is 16.7 Å². The maximum atomic E-state index is 13.6. The van der Waals surface area contributed by atoms with Gasteiger partial charge >= 0.3 is 0 Å². The number of benzene rings is 1. The van der Waals surface area contributed by atoms with E-state index in [1.807, 2.05) is 37.3 Å². The summed E-state index contributed by atoms with van der Waals surface area (Å²) in [5.74, 6) is -0.223. The van der Waals surface area contributed by atoms with Crippen LogP contribution in [0.25, 0.3) is 28.6 Å². The molecule has 4 heteroatoms. The maximum absolute atomic E-state index is 13.6. The lowest BCUT2D eigenvalue weighted by molar-refractivity contribution is 0.619. The number of nitrogens with zero attached hydrogens (tertiary/aromatic N) is 3. The van der Waals surface area contributed by atoms with Crippen molar-refractivity contribution in [2.75, 3.05) is 0 Å². The van der Waals surface area contributed by atoms with Gasteiger partial charge in [0.1, 0.15) is 5.82 Å². The van der Waals surface area contributed by atoms with Crippen LogP contribution in [0, 0.1) is 19.7 Å². The van der Waals surface area contributed by atoms with Crippen molar-refractivity contribution in [3.05, 3.63) is 77.5 Å². The van der Waals surface area contributed by atoms with E-state index in [0.29, 0.717) is 5.56 Å². The van der Waals surface area contributed by atoms with Gasteiger partial charge in [-0.05, 0) is 74.2 Å². The summed E-state index contributed by atoms with van der Waals surface area (Å²) in [6, 6.07) is 12.8. The van der Waals surface area contributed by atoms with Gasteiger partial charge < -0.3 is 0 Å². The van der Waals surface area contributed by atoms with Gasteiger partial charge in [-0.3, -0.25) is 9.98 Å². The Balaban J connectivity index is 2.14. The Morgan fingerprint density at radius 2 is 1.92 bits per heavy atom. The molecule has 0 atom stereocenters. The van der Waals surface area contributed by atoms with Crippen molar-refractivity contribution in [1.29, 1.82) is 0 Å². The number of rotatable bonds is 4. The molecule has 25 heavy (non-hydrogen) atoms. The van der Waals surface area contributed by atoms with Gasteiger partial charge in [-0.25, -0.2) is 9.37 Å². The summed E-state index contributed by atoms with van der Waals surface area (Å²) in [4.78, 5) is 13.0. The fourth-order valence-corrected chi connectivity index (χ4v) is 2.62. The highest BCUT2D eigenvalue weighted by molar-refractivity contribution is 5.79. The van der Waals surface area contributed by atoms with Crippen LogP contribution in [-0.4, -0.2) is 16.7 Å². The highest BCUT2D eigenvalue weighted by Crippen LogP contribution is 2.30. The monoisotopic (exact) mass is 331 g/mol. The zero-order valence-electron chi connectivity index (χ0n) is 14.2. The van der Waals surface area contributed by atoms with E-state index < -0.39 is 0 Å². The van der Waals surface area contributed by atoms with Crippen molar-refractivity contribution >= 4 is 12.8 Å². The van der Waals surface area contributed by atoms with Crippen LogP contribution in [-0.2, 0) is 0 Å². The molecule has 3 rings (SSSR count). The van der Waals surface area contributed by atoms with Gasteiger partial charge in [0.15, 0.2) is 0 Å². The number of pyridine rings is 2. The molecule has 0 N–H and O–H groups in total. The number of aliphatic imine (C=N–C) groups is 1. The Hall–Kier alpha value is -3.14. The molecule has 0 fully saturated rings. The minimum Gasteiger partial charge on any atom is -0.272 e. The van der Waals surface area contributed by atoms with Gasteiger partial charge in [-0.1, -0.05) is 6.07 Å². The first-order valence-electron chi connectivity index (χ1n) is 7.92. The average molecular weight is 331 g/mol. The van der Waals surface area contributed by atoms with E-state index in [1.165, 1.54) is 6.07 Å². The Labute approximate surface area is 146 Å². The minimum atomic E-state index is -0.223. The lowest BCUT2D eigenvalue weighted by Gasteiger charge is -2.11. The highest BCUT2D eigenvalue weighted by Gasteiger charge is 2.12. The number of hydrogen-bond acceptors (Lipinski definition) is 3. The molecule has 0 radical (unpaired) electrons. The predicted molar refractivity (Wildman–Crippen MR) is 101 cm³/mol. The fraction of sp³-hybridized carbons (Fsp3) is 0.0952. The smallest absolute Gasteiger partial charge is 0.126 e. The standard InChI is InChI=1S/C21H18FN3/c1-14-6-9-20(25-19(14)10-12-23-3)17-5-4-11-24-21(17)16-7-8-18(22)15(2)13-16/h4-13H,3H2,1-2H3/b12-10-. The normalized spacial score (nSPS) is 11.0. The van der Waals surface area contributed by atoms with Crippen LogP contribution >= 0.6 is 0 Å². The third kappa shape index (κ3) is 3.53. The molecular weight excluding hydrogens is 313 g/mol. The first-order valence-corrected chi connectivity index (χ1v) is 7.92. The largest absolute Gasteiger partial charge is 0.272 e. The Kier molecular flexibility index (Phi) is 4.80. The second-order valence-electron chi connectivity index (χ2n) is 5.76. The van der Waals surface area contributed by atoms with Crippen molar-refractivity contribution < 1.29 is 4.39 Å². The van der Waals surface area contributed by atoms with Crippen molar-refractivity contribution in [1.82, 2.24) is 9.97 Å². The molecule has 1 aromatic carbocycles. The summed E-state index contributed by atoms with van der Waals surface area (Å²) in [5.41, 5.74) is 5.81. The van der Waals surface area contributed by atoms with Crippen molar-refractivity contribution in [2.45, 2.75) is 13.8 Å². The van der Waals surface area contributed by atoms with E-state index in [1.54, 1.807) is 31.5 Å². The quantitative estimate of drug-likeness (QED) is 0.613. The van der Waals surface area contributed by atoms with Crippen LogP contribution in [0.15, 0.2) is 59.9 Å². The molecule has 3 nitrogen and oxygen atoms in total. The van der Waals surface area contributed by atoms with Crippen LogP contribution in [0.2, 0.25) is 0 Å². The molecule has 124 valence electrons. The fourth-order valence-electron chi connectivity index (χ4n) is 2.62. The molecule has 0 spiro atoms. The van der Waals surface area contributed by atoms with Gasteiger partial charge in [0, 0.05) is 23.5 Å². The third-order valence-electron chi connectivity index (χ3n) is 3.99. The zero-order chi connectivity index (χ0) is 17.8. The SMILES string of the molecule is C=N/C=C\c1nc(-c2cccnc2-c2ccc(F)c(C)c2)ccc1C. The second kappa shape index (κ2) is 7.18. The molecule has 0 bridgehead atoms. The first kappa shape index (κ1) is 16.7. The van der Waals surface area contributed by atoms with Gasteiger partial charge in [-0.2, -0.15) is 0 Å². The molecule has 0 unspecified atom stereocenters. The van der Waals surface area contributed by atoms with Crippen molar-refractivity contribution in [3.8, 4) is 22.5 Å². The molecule has 0 aliphatic rings. The zero-order valence-corrected chi connectivity index (χ0v) is 14.2. The van der Waals surface area contributed by atoms with Crippen LogP contribution in [0.4, 0.5) is 4.39 Å². The molecule has 0 saturated carbocycles. The van der Waals surface area contributed by atoms with Gasteiger partial charge in [0.2, 0.25) is 0 Å². The number of halogens is 1. The van der Waals surface area contributed by atoms with Crippen LogP contribution < -0.4 is 0 Å². The molecule has 2 aromatic heterocycles. The first-order chi connectivity index (χ1) is 12.1. The summed E-state index contributed by atoms with van der Waals surface area (Å²) in [6.45, 7) is 7.19. The highest BCUT2D eigenvalue weighted by atomic mass is 19.1.